The quantitative estimate of drug-likeness (QED) is 0.177. The molecular weight excluding hydrogens is 476 g/mol. The summed E-state index contributed by atoms with van der Waals surface area (Å²) in [7, 11) is 0. The van der Waals surface area contributed by atoms with Crippen LogP contribution in [0.2, 0.25) is 0 Å². The monoisotopic (exact) mass is 524 g/mol. The molecule has 0 bridgehead atoms. The molecular formula is C29H49BrO3. The van der Waals surface area contributed by atoms with Gasteiger partial charge in [0.1, 0.15) is 17.1 Å². The summed E-state index contributed by atoms with van der Waals surface area (Å²) in [6, 6.07) is 0. The standard InChI is InChI=1S/C29H49BrO3/c1-6-7-8-9-10-11-12-13-14-15-16-17-18-19-20-29(5)28(30)26(32)24-23(4)25(31)21(2)22(3)27(24)33-29/h26,28,31-32H,6-20H2,1-5H3. The molecule has 0 radical (unpaired) electrons. The van der Waals surface area contributed by atoms with Crippen LogP contribution in [0, 0.1) is 20.8 Å². The van der Waals surface area contributed by atoms with E-state index < -0.39 is 11.7 Å². The molecule has 2 N–H and O–H groups in total. The molecule has 0 spiro atoms. The van der Waals surface area contributed by atoms with E-state index in [4.69, 9.17) is 4.74 Å². The van der Waals surface area contributed by atoms with Gasteiger partial charge in [0.2, 0.25) is 0 Å². The van der Waals surface area contributed by atoms with Gasteiger partial charge in [-0.1, -0.05) is 106 Å². The summed E-state index contributed by atoms with van der Waals surface area (Å²) in [4.78, 5) is -0.195. The minimum Gasteiger partial charge on any atom is -0.507 e. The largest absolute Gasteiger partial charge is 0.507 e. The van der Waals surface area contributed by atoms with E-state index >= 15 is 0 Å². The normalized spacial score (nSPS) is 22.3. The van der Waals surface area contributed by atoms with Gasteiger partial charge in [-0.05, 0) is 51.7 Å². The van der Waals surface area contributed by atoms with E-state index in [1.54, 1.807) is 0 Å². The lowest BCUT2D eigenvalue weighted by Gasteiger charge is -2.44. The number of phenolic OH excluding ortho intramolecular Hbond substituents is 1. The van der Waals surface area contributed by atoms with Gasteiger partial charge in [-0.3, -0.25) is 0 Å². The van der Waals surface area contributed by atoms with Crippen molar-refractivity contribution in [2.75, 3.05) is 0 Å². The van der Waals surface area contributed by atoms with Gasteiger partial charge in [-0.15, -0.1) is 0 Å². The lowest BCUT2D eigenvalue weighted by molar-refractivity contribution is 0.000884. The molecule has 2 rings (SSSR count). The number of aliphatic hydroxyl groups is 1. The molecule has 190 valence electrons. The van der Waals surface area contributed by atoms with E-state index in [1.165, 1.54) is 83.5 Å². The van der Waals surface area contributed by atoms with Crippen molar-refractivity contribution >= 4 is 15.9 Å². The van der Waals surface area contributed by atoms with E-state index in [9.17, 15) is 10.2 Å². The van der Waals surface area contributed by atoms with Gasteiger partial charge < -0.3 is 14.9 Å². The first-order valence-corrected chi connectivity index (χ1v) is 14.5. The molecule has 3 unspecified atom stereocenters. The van der Waals surface area contributed by atoms with Crippen LogP contribution in [0.3, 0.4) is 0 Å². The van der Waals surface area contributed by atoms with Gasteiger partial charge in [0.05, 0.1) is 10.9 Å². The van der Waals surface area contributed by atoms with E-state index in [0.717, 1.165) is 40.8 Å². The maximum absolute atomic E-state index is 11.1. The Morgan fingerprint density at radius 1 is 0.758 bits per heavy atom. The van der Waals surface area contributed by atoms with Crippen molar-refractivity contribution in [2.45, 2.75) is 147 Å². The van der Waals surface area contributed by atoms with Crippen LogP contribution in [0.25, 0.3) is 0 Å². The predicted octanol–water partition coefficient (Wildman–Crippen LogP) is 9.14. The lowest BCUT2D eigenvalue weighted by atomic mass is 9.82. The number of fused-ring (bicyclic) bond motifs is 1. The zero-order valence-corrected chi connectivity index (χ0v) is 23.5. The van der Waals surface area contributed by atoms with Crippen LogP contribution in [0.1, 0.15) is 139 Å². The van der Waals surface area contributed by atoms with Gasteiger partial charge in [-0.2, -0.15) is 0 Å². The maximum atomic E-state index is 11.1. The maximum Gasteiger partial charge on any atom is 0.129 e. The average molecular weight is 526 g/mol. The Kier molecular flexibility index (Phi) is 12.1. The number of alkyl halides is 1. The molecule has 1 aliphatic rings. The number of ether oxygens (including phenoxy) is 1. The Bertz CT molecular complexity index is 732. The van der Waals surface area contributed by atoms with Crippen LogP contribution in [0.5, 0.6) is 11.5 Å². The molecule has 1 aliphatic heterocycles. The molecule has 33 heavy (non-hydrogen) atoms. The molecule has 1 aromatic rings. The SMILES string of the molecule is CCCCCCCCCCCCCCCCC1(C)Oc2c(C)c(C)c(O)c(C)c2C(O)C1Br. The van der Waals surface area contributed by atoms with Crippen LogP contribution in [0.4, 0.5) is 0 Å². The summed E-state index contributed by atoms with van der Waals surface area (Å²) in [6.45, 7) is 10.1. The fourth-order valence-electron chi connectivity index (χ4n) is 5.25. The van der Waals surface area contributed by atoms with E-state index in [-0.39, 0.29) is 10.6 Å². The molecule has 0 amide bonds. The first-order chi connectivity index (χ1) is 15.7. The number of halogens is 1. The fraction of sp³-hybridized carbons (Fsp3) is 0.793. The Hall–Kier alpha value is -0.740. The smallest absolute Gasteiger partial charge is 0.129 e. The highest BCUT2D eigenvalue weighted by molar-refractivity contribution is 9.09. The second-order valence-electron chi connectivity index (χ2n) is 10.6. The molecule has 1 aromatic carbocycles. The zero-order valence-electron chi connectivity index (χ0n) is 21.9. The summed E-state index contributed by atoms with van der Waals surface area (Å²) < 4.78 is 6.54. The van der Waals surface area contributed by atoms with E-state index in [2.05, 4.69) is 29.8 Å². The number of phenols is 1. The van der Waals surface area contributed by atoms with Crippen molar-refractivity contribution in [3.63, 3.8) is 0 Å². The first-order valence-electron chi connectivity index (χ1n) is 13.6. The van der Waals surface area contributed by atoms with Crippen molar-refractivity contribution in [1.29, 1.82) is 0 Å². The summed E-state index contributed by atoms with van der Waals surface area (Å²) in [5, 5.41) is 21.5. The van der Waals surface area contributed by atoms with Gasteiger partial charge in [0.25, 0.3) is 0 Å². The van der Waals surface area contributed by atoms with Crippen molar-refractivity contribution < 1.29 is 14.9 Å². The third kappa shape index (κ3) is 7.62. The highest BCUT2D eigenvalue weighted by Gasteiger charge is 2.46. The van der Waals surface area contributed by atoms with Gasteiger partial charge in [0, 0.05) is 11.1 Å². The molecule has 0 aliphatic carbocycles. The molecule has 0 saturated heterocycles. The minimum absolute atomic E-state index is 0.195. The van der Waals surface area contributed by atoms with Crippen LogP contribution in [0.15, 0.2) is 0 Å². The fourth-order valence-corrected chi connectivity index (χ4v) is 5.83. The zero-order chi connectivity index (χ0) is 24.4. The Balaban J connectivity index is 1.69. The molecule has 0 fully saturated rings. The number of unbranched alkanes of at least 4 members (excludes halogenated alkanes) is 13. The highest BCUT2D eigenvalue weighted by Crippen LogP contribution is 2.50. The lowest BCUT2D eigenvalue weighted by Crippen LogP contribution is -2.48. The Morgan fingerprint density at radius 2 is 1.21 bits per heavy atom. The number of hydrogen-bond donors (Lipinski definition) is 2. The number of aliphatic hydroxyl groups excluding tert-OH is 1. The average Bonchev–Trinajstić information content (AvgIpc) is 2.80. The summed E-state index contributed by atoms with van der Waals surface area (Å²) in [5.41, 5.74) is 2.77. The van der Waals surface area contributed by atoms with Crippen molar-refractivity contribution in [3.8, 4) is 11.5 Å². The Morgan fingerprint density at radius 3 is 1.70 bits per heavy atom. The molecule has 0 saturated carbocycles. The van der Waals surface area contributed by atoms with Crippen molar-refractivity contribution in [2.24, 2.45) is 0 Å². The van der Waals surface area contributed by atoms with Gasteiger partial charge in [0.15, 0.2) is 0 Å². The van der Waals surface area contributed by atoms with Gasteiger partial charge in [-0.25, -0.2) is 0 Å². The number of hydrogen-bond acceptors (Lipinski definition) is 3. The molecule has 1 heterocycles. The highest BCUT2D eigenvalue weighted by atomic mass is 79.9. The van der Waals surface area contributed by atoms with Crippen LogP contribution in [-0.4, -0.2) is 20.6 Å². The van der Waals surface area contributed by atoms with Crippen molar-refractivity contribution in [3.05, 3.63) is 22.3 Å². The predicted molar refractivity (Wildman–Crippen MR) is 144 cm³/mol. The molecule has 4 heteroatoms. The summed E-state index contributed by atoms with van der Waals surface area (Å²) in [6.07, 6.45) is 19.1. The summed E-state index contributed by atoms with van der Waals surface area (Å²) >= 11 is 3.73. The first kappa shape index (κ1) is 28.5. The van der Waals surface area contributed by atoms with Crippen LogP contribution < -0.4 is 4.74 Å². The van der Waals surface area contributed by atoms with E-state index in [1.807, 2.05) is 20.8 Å². The molecule has 0 aromatic heterocycles. The molecule has 3 nitrogen and oxygen atoms in total. The summed E-state index contributed by atoms with van der Waals surface area (Å²) in [5.74, 6) is 1.03. The van der Waals surface area contributed by atoms with Crippen LogP contribution in [-0.2, 0) is 0 Å². The number of aromatic hydroxyl groups is 1. The second kappa shape index (κ2) is 14.0. The third-order valence-electron chi connectivity index (χ3n) is 7.78. The van der Waals surface area contributed by atoms with E-state index in [0.29, 0.717) is 0 Å². The van der Waals surface area contributed by atoms with Crippen molar-refractivity contribution in [1.82, 2.24) is 0 Å². The Labute approximate surface area is 211 Å². The number of benzene rings is 1. The topological polar surface area (TPSA) is 49.7 Å². The number of rotatable bonds is 15. The van der Waals surface area contributed by atoms with Gasteiger partial charge >= 0.3 is 0 Å². The molecule has 3 atom stereocenters. The van der Waals surface area contributed by atoms with Crippen LogP contribution >= 0.6 is 15.9 Å². The second-order valence-corrected chi connectivity index (χ2v) is 11.6. The minimum atomic E-state index is -0.685. The third-order valence-corrected chi connectivity index (χ3v) is 9.25.